The predicted molar refractivity (Wildman–Crippen MR) is 321 cm³/mol. The van der Waals surface area contributed by atoms with Gasteiger partial charge in [0.25, 0.3) is 0 Å². The van der Waals surface area contributed by atoms with Gasteiger partial charge in [0, 0.05) is 24.4 Å². The monoisotopic (exact) mass is 1240 g/mol. The van der Waals surface area contributed by atoms with Gasteiger partial charge in [-0.15, -0.1) is 0 Å². The van der Waals surface area contributed by atoms with Gasteiger partial charge in [-0.1, -0.05) is 70.7 Å². The predicted octanol–water partition coefficient (Wildman–Crippen LogP) is -4.59. The van der Waals surface area contributed by atoms with Crippen LogP contribution in [0, 0.1) is 11.8 Å². The number of halogens is 1. The average Bonchev–Trinajstić information content (AvgIpc) is 2.75. The van der Waals surface area contributed by atoms with E-state index < -0.39 is 151 Å². The van der Waals surface area contributed by atoms with Gasteiger partial charge >= 0.3 is 0 Å². The van der Waals surface area contributed by atoms with E-state index in [2.05, 4.69) is 72.3 Å². The Bertz CT molecular complexity index is 2390. The van der Waals surface area contributed by atoms with Gasteiger partial charge in [-0.2, -0.15) is 0 Å². The van der Waals surface area contributed by atoms with Crippen LogP contribution in [0.2, 0.25) is 5.02 Å². The largest absolute Gasteiger partial charge is 0.391 e. The Morgan fingerprint density at radius 1 is 0.605 bits per heavy atom. The number of nitrogens with one attached hydrogen (secondary N) is 11. The molecule has 1 aliphatic heterocycles. The van der Waals surface area contributed by atoms with E-state index in [9.17, 15) is 63.0 Å². The first-order valence-corrected chi connectivity index (χ1v) is 30.0. The Kier molecular flexibility index (Phi) is 35.1. The third-order valence-corrected chi connectivity index (χ3v) is 14.5. The van der Waals surface area contributed by atoms with Crippen molar-refractivity contribution in [1.29, 1.82) is 0 Å². The molecule has 1 heterocycles. The molecule has 0 aromatic heterocycles. The van der Waals surface area contributed by atoms with Crippen LogP contribution in [-0.2, 0) is 59.2 Å². The number of aliphatic hydroxyl groups excluding tert-OH is 2. The lowest BCUT2D eigenvalue weighted by Gasteiger charge is -2.29. The first-order chi connectivity index (χ1) is 40.7. The SMILES string of the molecule is CC[C@H](C)CCCCC(=O)N[C@@H](CCN)C(=O)N[C@H](C(=O)N[C@@H](CCN)C(=O)N[C@H]1CCNC(=O)[C@H]([C@@H](C)O)NC(=O)[C@H](CCN)NC(=O)[C@H](CCN)NC(=O)[C@H](CC(C)C)NC(=O)[C@@H](Cc2cccc(Cl)c2)NC(=O)[C@H](CCN)NC1=O)[C@@H](C)O. The second-order valence-corrected chi connectivity index (χ2v) is 22.6. The Morgan fingerprint density at radius 2 is 1.12 bits per heavy atom. The lowest BCUT2D eigenvalue weighted by atomic mass is 10.00. The summed E-state index contributed by atoms with van der Waals surface area (Å²) in [7, 11) is 0. The van der Waals surface area contributed by atoms with Crippen LogP contribution in [0.3, 0.4) is 0 Å². The molecule has 0 spiro atoms. The molecule has 0 bridgehead atoms. The van der Waals surface area contributed by atoms with Crippen molar-refractivity contribution in [2.75, 3.05) is 39.3 Å². The Morgan fingerprint density at radius 3 is 1.63 bits per heavy atom. The van der Waals surface area contributed by atoms with E-state index in [-0.39, 0.29) is 90.0 Å². The number of hydrogen-bond acceptors (Lipinski definition) is 18. The van der Waals surface area contributed by atoms with Crippen molar-refractivity contribution < 1.29 is 63.0 Å². The Labute approximate surface area is 508 Å². The fourth-order valence-corrected chi connectivity index (χ4v) is 9.38. The zero-order valence-corrected chi connectivity index (χ0v) is 51.2. The van der Waals surface area contributed by atoms with E-state index >= 15 is 0 Å². The minimum Gasteiger partial charge on any atom is -0.391 e. The topological polar surface area (TPSA) is 491 Å². The molecule has 0 unspecified atom stereocenters. The highest BCUT2D eigenvalue weighted by atomic mass is 35.5. The van der Waals surface area contributed by atoms with Crippen molar-refractivity contribution in [2.24, 2.45) is 40.5 Å². The van der Waals surface area contributed by atoms with Crippen LogP contribution in [0.1, 0.15) is 124 Å². The van der Waals surface area contributed by atoms with E-state index in [1.54, 1.807) is 38.1 Å². The molecule has 1 fully saturated rings. The van der Waals surface area contributed by atoms with Gasteiger partial charge in [0.1, 0.15) is 60.4 Å². The van der Waals surface area contributed by atoms with Gasteiger partial charge in [0.2, 0.25) is 65.0 Å². The molecule has 11 amide bonds. The first kappa shape index (κ1) is 75.5. The van der Waals surface area contributed by atoms with Crippen LogP contribution in [0.4, 0.5) is 0 Å². The number of benzene rings is 1. The molecule has 1 aliphatic rings. The molecule has 13 atom stereocenters. The molecular weight excluding hydrogens is 1140 g/mol. The highest BCUT2D eigenvalue weighted by Gasteiger charge is 2.37. The molecule has 1 aromatic carbocycles. The van der Waals surface area contributed by atoms with Gasteiger partial charge in [-0.25, -0.2) is 0 Å². The van der Waals surface area contributed by atoms with Gasteiger partial charge in [-0.05, 0) is 127 Å². The summed E-state index contributed by atoms with van der Waals surface area (Å²) in [5.74, 6) is -9.64. The second kappa shape index (κ2) is 40.0. The third-order valence-electron chi connectivity index (χ3n) is 14.3. The maximum atomic E-state index is 14.6. The van der Waals surface area contributed by atoms with E-state index in [4.69, 9.17) is 40.3 Å². The van der Waals surface area contributed by atoms with Crippen LogP contribution < -0.4 is 87.2 Å². The zero-order chi connectivity index (χ0) is 64.6. The van der Waals surface area contributed by atoms with Crippen LogP contribution in [0.25, 0.3) is 0 Å². The second-order valence-electron chi connectivity index (χ2n) is 22.2. The number of aliphatic hydroxyl groups is 2. The molecule has 86 heavy (non-hydrogen) atoms. The molecule has 1 saturated heterocycles. The summed E-state index contributed by atoms with van der Waals surface area (Å²) in [6, 6.07) is -8.60. The lowest BCUT2D eigenvalue weighted by molar-refractivity contribution is -0.137. The van der Waals surface area contributed by atoms with Crippen molar-refractivity contribution in [3.05, 3.63) is 34.9 Å². The highest BCUT2D eigenvalue weighted by molar-refractivity contribution is 6.30. The van der Waals surface area contributed by atoms with Gasteiger partial charge in [-0.3, -0.25) is 52.7 Å². The quantitative estimate of drug-likeness (QED) is 0.0336. The normalized spacial score (nSPS) is 22.8. The minimum absolute atomic E-state index is 0.0219. The molecule has 0 aliphatic carbocycles. The number of carbonyl (C=O) groups excluding carboxylic acids is 11. The molecule has 1 aromatic rings. The summed E-state index contributed by atoms with van der Waals surface area (Å²) in [6.07, 6.45) is -1.26. The number of unbranched alkanes of at least 4 members (excludes halogenated alkanes) is 1. The van der Waals surface area contributed by atoms with E-state index in [1.807, 2.05) is 0 Å². The molecular formula is C56H97ClN16O13. The molecule has 0 radical (unpaired) electrons. The van der Waals surface area contributed by atoms with E-state index in [0.717, 1.165) is 19.3 Å². The maximum absolute atomic E-state index is 14.6. The third kappa shape index (κ3) is 27.0. The average molecular weight is 1240 g/mol. The smallest absolute Gasteiger partial charge is 0.245 e. The number of carbonyl (C=O) groups is 11. The van der Waals surface area contributed by atoms with E-state index in [0.29, 0.717) is 22.9 Å². The summed E-state index contributed by atoms with van der Waals surface area (Å²) in [6.45, 7) is 8.91. The molecule has 23 N–H and O–H groups in total. The number of nitrogens with two attached hydrogens (primary N) is 5. The summed E-state index contributed by atoms with van der Waals surface area (Å²) < 4.78 is 0. The van der Waals surface area contributed by atoms with Crippen LogP contribution in [0.5, 0.6) is 0 Å². The van der Waals surface area contributed by atoms with Gasteiger partial charge in [0.15, 0.2) is 0 Å². The number of hydrogen-bond donors (Lipinski definition) is 18. The fraction of sp³-hybridized carbons (Fsp3) is 0.696. The first-order valence-electron chi connectivity index (χ1n) is 29.6. The molecule has 2 rings (SSSR count). The van der Waals surface area contributed by atoms with Crippen molar-refractivity contribution in [3.63, 3.8) is 0 Å². The molecule has 0 saturated carbocycles. The fourth-order valence-electron chi connectivity index (χ4n) is 9.17. The molecule has 29 nitrogen and oxygen atoms in total. The standard InChI is InChI=1S/C56H97ClN16O13/c1-7-31(4)11-8-9-14-44(76)64-36(15-21-58)51(81)73-46(33(6)75)56(86)69-39(18-24-61)48(78)68-41-20-26-63-55(85)45(32(5)74)72-52(82)40(19-25-62)66-47(77)37(16-22-59)67-53(83)42(27-30(2)3)70-54(84)43(29-34-12-10-13-35(57)28-34)71-49(79)38(17-23-60)65-50(41)80/h10,12-13,28,30-33,36-43,45-46,74-75H,7-9,11,14-27,29,58-62H2,1-6H3,(H,63,85)(H,64,76)(H,65,80)(H,66,77)(H,67,83)(H,68,78)(H,69,86)(H,70,84)(H,71,79)(H,72,82)(H,73,81)/t31-,32+,33+,36-,37-,38-,39-,40-,41-,42-,43+,45-,46-/m0/s1. The van der Waals surface area contributed by atoms with E-state index in [1.165, 1.54) is 13.8 Å². The summed E-state index contributed by atoms with van der Waals surface area (Å²) in [4.78, 5) is 154. The highest BCUT2D eigenvalue weighted by Crippen LogP contribution is 2.16. The maximum Gasteiger partial charge on any atom is 0.245 e. The number of rotatable bonds is 29. The van der Waals surface area contributed by atoms with Crippen molar-refractivity contribution in [3.8, 4) is 0 Å². The van der Waals surface area contributed by atoms with Crippen LogP contribution in [-0.4, -0.2) is 187 Å². The van der Waals surface area contributed by atoms with Crippen molar-refractivity contribution >= 4 is 76.6 Å². The number of amides is 11. The molecule has 30 heteroatoms. The van der Waals surface area contributed by atoms with Gasteiger partial charge in [0.05, 0.1) is 12.2 Å². The summed E-state index contributed by atoms with van der Waals surface area (Å²) >= 11 is 6.32. The van der Waals surface area contributed by atoms with Crippen molar-refractivity contribution in [1.82, 2.24) is 58.5 Å². The summed E-state index contributed by atoms with van der Waals surface area (Å²) in [5, 5.41) is 49.9. The van der Waals surface area contributed by atoms with Crippen LogP contribution in [0.15, 0.2) is 24.3 Å². The Balaban J connectivity index is 2.70. The van der Waals surface area contributed by atoms with Crippen LogP contribution >= 0.6 is 11.6 Å². The van der Waals surface area contributed by atoms with Gasteiger partial charge < -0.3 is 97.4 Å². The van der Waals surface area contributed by atoms with Crippen molar-refractivity contribution in [2.45, 2.75) is 198 Å². The minimum atomic E-state index is -1.71. The molecule has 486 valence electrons. The lowest BCUT2D eigenvalue weighted by Crippen LogP contribution is -2.62. The zero-order valence-electron chi connectivity index (χ0n) is 50.5. The summed E-state index contributed by atoms with van der Waals surface area (Å²) in [5.41, 5.74) is 29.8. The Hall–Kier alpha value is -6.60.